The van der Waals surface area contributed by atoms with Gasteiger partial charge in [-0.2, -0.15) is 13.2 Å². The number of rotatable bonds is 10. The van der Waals surface area contributed by atoms with Gasteiger partial charge in [-0.1, -0.05) is 12.1 Å². The fourth-order valence-electron chi connectivity index (χ4n) is 5.41. The van der Waals surface area contributed by atoms with E-state index >= 15 is 0 Å². The van der Waals surface area contributed by atoms with Crippen LogP contribution in [0.25, 0.3) is 11.1 Å². The molecule has 3 atom stereocenters. The zero-order valence-corrected chi connectivity index (χ0v) is 22.9. The number of alkyl halides is 3. The maximum absolute atomic E-state index is 14.9. The summed E-state index contributed by atoms with van der Waals surface area (Å²) in [5, 5.41) is 9.81. The van der Waals surface area contributed by atoms with E-state index in [0.717, 1.165) is 17.2 Å². The molecule has 0 unspecified atom stereocenters. The lowest BCUT2D eigenvalue weighted by atomic mass is 9.96. The van der Waals surface area contributed by atoms with Gasteiger partial charge in [0.1, 0.15) is 18.2 Å². The van der Waals surface area contributed by atoms with E-state index in [0.29, 0.717) is 31.3 Å². The van der Waals surface area contributed by atoms with E-state index in [4.69, 9.17) is 14.2 Å². The van der Waals surface area contributed by atoms with Crippen molar-refractivity contribution in [3.8, 4) is 22.8 Å². The number of hydrogen-bond donors (Lipinski definition) is 1. The van der Waals surface area contributed by atoms with Crippen LogP contribution in [0, 0.1) is 17.7 Å². The summed E-state index contributed by atoms with van der Waals surface area (Å²) in [5.74, 6) is -0.461. The second-order valence-corrected chi connectivity index (χ2v) is 11.1. The molecule has 0 amide bonds. The van der Waals surface area contributed by atoms with Crippen molar-refractivity contribution in [2.75, 3.05) is 13.2 Å². The first-order valence-electron chi connectivity index (χ1n) is 13.5. The summed E-state index contributed by atoms with van der Waals surface area (Å²) >= 11 is 0. The van der Waals surface area contributed by atoms with Gasteiger partial charge in [0.25, 0.3) is 0 Å². The van der Waals surface area contributed by atoms with E-state index in [-0.39, 0.29) is 59.5 Å². The molecule has 10 heteroatoms. The first-order valence-corrected chi connectivity index (χ1v) is 13.5. The number of nitrogens with zero attached hydrogens (tertiary/aromatic N) is 1. The van der Waals surface area contributed by atoms with Crippen molar-refractivity contribution in [2.24, 2.45) is 11.8 Å². The Bertz CT molecular complexity index is 1430. The number of fused-ring (bicyclic) bond motifs is 3. The molecule has 0 spiro atoms. The van der Waals surface area contributed by atoms with Crippen molar-refractivity contribution < 1.29 is 41.7 Å². The molecule has 218 valence electrons. The molecular formula is C31H31F4NO5. The molecule has 0 bridgehead atoms. The van der Waals surface area contributed by atoms with Crippen LogP contribution in [0.15, 0.2) is 48.7 Å². The first-order chi connectivity index (χ1) is 19.4. The summed E-state index contributed by atoms with van der Waals surface area (Å²) < 4.78 is 72.8. The summed E-state index contributed by atoms with van der Waals surface area (Å²) in [6.45, 7) is 5.32. The minimum absolute atomic E-state index is 0.0500. The van der Waals surface area contributed by atoms with Gasteiger partial charge in [-0.15, -0.1) is 0 Å². The van der Waals surface area contributed by atoms with Crippen molar-refractivity contribution >= 4 is 5.97 Å². The number of benzene rings is 2. The largest absolute Gasteiger partial charge is 0.493 e. The van der Waals surface area contributed by atoms with Crippen LogP contribution in [0.4, 0.5) is 17.6 Å². The Labute approximate surface area is 235 Å². The Morgan fingerprint density at radius 2 is 1.83 bits per heavy atom. The van der Waals surface area contributed by atoms with Crippen LogP contribution in [0.1, 0.15) is 55.4 Å². The van der Waals surface area contributed by atoms with Crippen LogP contribution < -0.4 is 9.47 Å². The SMILES string of the molecule is CCOC(=O)[C@H]1[C@@H]2Cc3cc(OCc4cc(-c5ccc(OCCC(C)(C)O)cc5)c(C(F)(F)F)cc4F)ncc3[C@@H]21. The predicted molar refractivity (Wildman–Crippen MR) is 142 cm³/mol. The molecule has 0 saturated heterocycles. The third-order valence-corrected chi connectivity index (χ3v) is 7.56. The number of ether oxygens (including phenoxy) is 3. The third kappa shape index (κ3) is 6.32. The molecule has 2 aromatic carbocycles. The normalized spacial score (nSPS) is 19.4. The maximum Gasteiger partial charge on any atom is 0.417 e. The standard InChI is InChI=1S/C31H31F4NO5/c1-4-39-29(37)28-22-11-18-13-26(36-15-23(18)27(22)28)41-16-19-12-21(24(14-25(19)32)31(33,34)35)17-5-7-20(8-6-17)40-10-9-30(2,3)38/h5-8,12-15,22,27-28,38H,4,9-11,16H2,1-3H3/t22-,27-,28+/m1/s1. The Morgan fingerprint density at radius 3 is 2.49 bits per heavy atom. The van der Waals surface area contributed by atoms with Crippen molar-refractivity contribution in [3.63, 3.8) is 0 Å². The minimum atomic E-state index is -4.78. The van der Waals surface area contributed by atoms with Crippen molar-refractivity contribution in [2.45, 2.75) is 57.9 Å². The molecule has 2 aliphatic rings. The minimum Gasteiger partial charge on any atom is -0.493 e. The molecule has 1 aromatic heterocycles. The van der Waals surface area contributed by atoms with Crippen molar-refractivity contribution in [1.82, 2.24) is 4.98 Å². The Hall–Kier alpha value is -3.66. The van der Waals surface area contributed by atoms with Gasteiger partial charge in [-0.3, -0.25) is 4.79 Å². The molecule has 1 heterocycles. The van der Waals surface area contributed by atoms with Crippen LogP contribution in [0.5, 0.6) is 11.6 Å². The molecular weight excluding hydrogens is 542 g/mol. The lowest BCUT2D eigenvalue weighted by molar-refractivity contribution is -0.145. The Balaban J connectivity index is 1.31. The molecule has 6 nitrogen and oxygen atoms in total. The fraction of sp³-hybridized carbons (Fsp3) is 0.419. The van der Waals surface area contributed by atoms with E-state index < -0.39 is 23.2 Å². The predicted octanol–water partition coefficient (Wildman–Crippen LogP) is 6.47. The number of carbonyl (C=O) groups is 1. The van der Waals surface area contributed by atoms with Crippen LogP contribution in [0.2, 0.25) is 0 Å². The van der Waals surface area contributed by atoms with Crippen molar-refractivity contribution in [1.29, 1.82) is 0 Å². The Morgan fingerprint density at radius 1 is 1.10 bits per heavy atom. The smallest absolute Gasteiger partial charge is 0.417 e. The molecule has 41 heavy (non-hydrogen) atoms. The topological polar surface area (TPSA) is 77.9 Å². The number of halogens is 4. The highest BCUT2D eigenvalue weighted by molar-refractivity contribution is 5.79. The van der Waals surface area contributed by atoms with E-state index in [1.54, 1.807) is 33.0 Å². The van der Waals surface area contributed by atoms with Gasteiger partial charge in [0.15, 0.2) is 0 Å². The highest BCUT2D eigenvalue weighted by Gasteiger charge is 2.60. The van der Waals surface area contributed by atoms with E-state index in [1.165, 1.54) is 24.3 Å². The summed E-state index contributed by atoms with van der Waals surface area (Å²) in [6.07, 6.45) is -2.07. The van der Waals surface area contributed by atoms with Gasteiger partial charge in [-0.25, -0.2) is 9.37 Å². The number of esters is 1. The highest BCUT2D eigenvalue weighted by atomic mass is 19.4. The third-order valence-electron chi connectivity index (χ3n) is 7.56. The number of aliphatic hydroxyl groups is 1. The molecule has 1 N–H and O–H groups in total. The first kappa shape index (κ1) is 28.9. The highest BCUT2D eigenvalue weighted by Crippen LogP contribution is 2.61. The van der Waals surface area contributed by atoms with Gasteiger partial charge < -0.3 is 19.3 Å². The lowest BCUT2D eigenvalue weighted by Crippen LogP contribution is -2.21. The Kier molecular flexibility index (Phi) is 7.72. The van der Waals surface area contributed by atoms with E-state index in [9.17, 15) is 27.5 Å². The molecule has 1 saturated carbocycles. The van der Waals surface area contributed by atoms with E-state index in [1.807, 2.05) is 0 Å². The van der Waals surface area contributed by atoms with E-state index in [2.05, 4.69) is 4.98 Å². The average Bonchev–Trinajstić information content (AvgIpc) is 3.48. The van der Waals surface area contributed by atoms with Crippen molar-refractivity contribution in [3.05, 3.63) is 76.7 Å². The molecule has 0 aliphatic heterocycles. The zero-order chi connectivity index (χ0) is 29.5. The molecule has 3 aromatic rings. The van der Waals surface area contributed by atoms with Crippen LogP contribution >= 0.6 is 0 Å². The molecule has 0 radical (unpaired) electrons. The van der Waals surface area contributed by atoms with Crippen LogP contribution in [-0.2, 0) is 28.7 Å². The molecule has 5 rings (SSSR count). The number of aromatic nitrogens is 1. The summed E-state index contributed by atoms with van der Waals surface area (Å²) in [6, 6.07) is 9.39. The summed E-state index contributed by atoms with van der Waals surface area (Å²) in [7, 11) is 0. The lowest BCUT2D eigenvalue weighted by Gasteiger charge is -2.18. The van der Waals surface area contributed by atoms with Gasteiger partial charge in [0.2, 0.25) is 5.88 Å². The molecule has 2 aliphatic carbocycles. The number of hydrogen-bond acceptors (Lipinski definition) is 6. The average molecular weight is 574 g/mol. The van der Waals surface area contributed by atoms with Gasteiger partial charge in [0.05, 0.1) is 30.3 Å². The number of carbonyl (C=O) groups excluding carboxylic acids is 1. The monoisotopic (exact) mass is 573 g/mol. The van der Waals surface area contributed by atoms with Crippen LogP contribution in [0.3, 0.4) is 0 Å². The quantitative estimate of drug-likeness (QED) is 0.221. The fourth-order valence-corrected chi connectivity index (χ4v) is 5.41. The zero-order valence-electron chi connectivity index (χ0n) is 22.9. The molecule has 1 fully saturated rings. The second-order valence-electron chi connectivity index (χ2n) is 11.1. The van der Waals surface area contributed by atoms with Crippen LogP contribution in [-0.4, -0.2) is 34.9 Å². The summed E-state index contributed by atoms with van der Waals surface area (Å²) in [5.41, 5.74) is -0.0462. The van der Waals surface area contributed by atoms with Gasteiger partial charge in [-0.05, 0) is 79.6 Å². The van der Waals surface area contributed by atoms with Gasteiger partial charge >= 0.3 is 12.1 Å². The maximum atomic E-state index is 14.9. The summed E-state index contributed by atoms with van der Waals surface area (Å²) in [4.78, 5) is 16.4. The number of pyridine rings is 1. The van der Waals surface area contributed by atoms with Gasteiger partial charge in [0, 0.05) is 30.2 Å². The second kappa shape index (κ2) is 11.0.